The summed E-state index contributed by atoms with van der Waals surface area (Å²) in [6, 6.07) is 4.28. The molecule has 0 spiro atoms. The van der Waals surface area contributed by atoms with Crippen molar-refractivity contribution >= 4 is 15.9 Å². The third-order valence-corrected chi connectivity index (χ3v) is 2.88. The highest BCUT2D eigenvalue weighted by molar-refractivity contribution is 9.10. The highest BCUT2D eigenvalue weighted by Gasteiger charge is 2.10. The molecule has 0 aromatic heterocycles. The maximum Gasteiger partial charge on any atom is 0.126 e. The monoisotopic (exact) mass is 297 g/mol. The number of rotatable bonds is 5. The summed E-state index contributed by atoms with van der Waals surface area (Å²) in [6.07, 6.45) is 4.81. The van der Waals surface area contributed by atoms with Crippen LogP contribution in [0.5, 0.6) is 5.75 Å². The van der Waals surface area contributed by atoms with Gasteiger partial charge >= 0.3 is 0 Å². The van der Waals surface area contributed by atoms with Crippen LogP contribution in [0.25, 0.3) is 0 Å². The fourth-order valence-electron chi connectivity index (χ4n) is 1.73. The van der Waals surface area contributed by atoms with Crippen LogP contribution in [0.3, 0.4) is 0 Å². The van der Waals surface area contributed by atoms with Gasteiger partial charge in [-0.2, -0.15) is 0 Å². The molecule has 0 saturated carbocycles. The molecule has 3 heteroatoms. The highest BCUT2D eigenvalue weighted by Crippen LogP contribution is 2.29. The molecule has 0 radical (unpaired) electrons. The van der Waals surface area contributed by atoms with Crippen LogP contribution in [0.4, 0.5) is 0 Å². The SMILES string of the molecule is C/C=C/COc1c(C)cc(Br)cc1CC(C)N. The Morgan fingerprint density at radius 2 is 2.18 bits per heavy atom. The molecule has 2 N–H and O–H groups in total. The van der Waals surface area contributed by atoms with Gasteiger partial charge in [0.25, 0.3) is 0 Å². The van der Waals surface area contributed by atoms with Crippen molar-refractivity contribution in [2.45, 2.75) is 33.2 Å². The maximum absolute atomic E-state index is 5.86. The summed E-state index contributed by atoms with van der Waals surface area (Å²) in [5, 5.41) is 0. The molecule has 0 bridgehead atoms. The number of benzene rings is 1. The summed E-state index contributed by atoms with van der Waals surface area (Å²) in [5.41, 5.74) is 8.17. The zero-order chi connectivity index (χ0) is 12.8. The molecule has 0 aliphatic heterocycles. The summed E-state index contributed by atoms with van der Waals surface area (Å²) in [4.78, 5) is 0. The van der Waals surface area contributed by atoms with Crippen LogP contribution in [0.2, 0.25) is 0 Å². The van der Waals surface area contributed by atoms with E-state index < -0.39 is 0 Å². The third kappa shape index (κ3) is 4.52. The Bertz CT molecular complexity index is 399. The molecule has 0 aliphatic carbocycles. The summed E-state index contributed by atoms with van der Waals surface area (Å²) >= 11 is 3.51. The Balaban J connectivity index is 2.98. The van der Waals surface area contributed by atoms with Crippen LogP contribution in [-0.4, -0.2) is 12.6 Å². The van der Waals surface area contributed by atoms with E-state index in [0.29, 0.717) is 6.61 Å². The molecule has 1 aromatic rings. The first-order valence-electron chi connectivity index (χ1n) is 5.83. The average molecular weight is 298 g/mol. The van der Waals surface area contributed by atoms with Crippen molar-refractivity contribution in [1.29, 1.82) is 0 Å². The van der Waals surface area contributed by atoms with Gasteiger partial charge in [0.1, 0.15) is 12.4 Å². The van der Waals surface area contributed by atoms with Crippen molar-refractivity contribution in [2.75, 3.05) is 6.61 Å². The van der Waals surface area contributed by atoms with E-state index in [9.17, 15) is 0 Å². The van der Waals surface area contributed by atoms with Crippen molar-refractivity contribution < 1.29 is 4.74 Å². The first kappa shape index (κ1) is 14.3. The van der Waals surface area contributed by atoms with Gasteiger partial charge in [-0.15, -0.1) is 0 Å². The molecule has 2 nitrogen and oxygen atoms in total. The minimum Gasteiger partial charge on any atom is -0.489 e. The van der Waals surface area contributed by atoms with Crippen molar-refractivity contribution in [2.24, 2.45) is 5.73 Å². The molecule has 0 saturated heterocycles. The number of ether oxygens (including phenoxy) is 1. The third-order valence-electron chi connectivity index (χ3n) is 2.42. The Kier molecular flexibility index (Phi) is 5.72. The van der Waals surface area contributed by atoms with Gasteiger partial charge in [-0.3, -0.25) is 0 Å². The molecule has 17 heavy (non-hydrogen) atoms. The van der Waals surface area contributed by atoms with E-state index in [-0.39, 0.29) is 6.04 Å². The average Bonchev–Trinajstić information content (AvgIpc) is 2.21. The van der Waals surface area contributed by atoms with Crippen molar-refractivity contribution in [3.05, 3.63) is 39.9 Å². The van der Waals surface area contributed by atoms with E-state index in [1.807, 2.05) is 26.0 Å². The zero-order valence-electron chi connectivity index (χ0n) is 10.7. The van der Waals surface area contributed by atoms with Gasteiger partial charge < -0.3 is 10.5 Å². The lowest BCUT2D eigenvalue weighted by Gasteiger charge is -2.15. The quantitative estimate of drug-likeness (QED) is 0.843. The second-order valence-electron chi connectivity index (χ2n) is 4.27. The van der Waals surface area contributed by atoms with E-state index >= 15 is 0 Å². The van der Waals surface area contributed by atoms with Gasteiger partial charge in [0.2, 0.25) is 0 Å². The van der Waals surface area contributed by atoms with Crippen LogP contribution >= 0.6 is 15.9 Å². The molecule has 1 rings (SSSR count). The fourth-order valence-corrected chi connectivity index (χ4v) is 2.35. The van der Waals surface area contributed by atoms with Crippen LogP contribution in [0.15, 0.2) is 28.8 Å². The summed E-state index contributed by atoms with van der Waals surface area (Å²) in [7, 11) is 0. The maximum atomic E-state index is 5.86. The second-order valence-corrected chi connectivity index (χ2v) is 5.19. The van der Waals surface area contributed by atoms with E-state index in [1.165, 1.54) is 0 Å². The Morgan fingerprint density at radius 3 is 2.76 bits per heavy atom. The lowest BCUT2D eigenvalue weighted by molar-refractivity contribution is 0.355. The van der Waals surface area contributed by atoms with Gasteiger partial charge in [0.15, 0.2) is 0 Å². The Morgan fingerprint density at radius 1 is 1.47 bits per heavy atom. The fraction of sp³-hybridized carbons (Fsp3) is 0.429. The Labute approximate surface area is 112 Å². The van der Waals surface area contributed by atoms with Gasteiger partial charge in [-0.05, 0) is 50.5 Å². The van der Waals surface area contributed by atoms with Gasteiger partial charge in [0.05, 0.1) is 0 Å². The smallest absolute Gasteiger partial charge is 0.126 e. The first-order chi connectivity index (χ1) is 8.04. The number of hydrogen-bond acceptors (Lipinski definition) is 2. The van der Waals surface area contributed by atoms with Crippen LogP contribution in [-0.2, 0) is 6.42 Å². The lowest BCUT2D eigenvalue weighted by atomic mass is 10.0. The number of nitrogens with two attached hydrogens (primary N) is 1. The second kappa shape index (κ2) is 6.82. The molecule has 1 atom stereocenters. The Hall–Kier alpha value is -0.800. The van der Waals surface area contributed by atoms with Crippen molar-refractivity contribution in [1.82, 2.24) is 0 Å². The van der Waals surface area contributed by atoms with E-state index in [1.54, 1.807) is 0 Å². The van der Waals surface area contributed by atoms with Crippen molar-refractivity contribution in [3.63, 3.8) is 0 Å². The molecule has 0 amide bonds. The number of hydrogen-bond donors (Lipinski definition) is 1. The lowest BCUT2D eigenvalue weighted by Crippen LogP contribution is -2.18. The summed E-state index contributed by atoms with van der Waals surface area (Å²) in [5.74, 6) is 0.962. The molecule has 0 heterocycles. The van der Waals surface area contributed by atoms with Crippen LogP contribution < -0.4 is 10.5 Å². The standard InChI is InChI=1S/C14H20BrNO/c1-4-5-6-17-14-10(2)7-13(15)9-12(14)8-11(3)16/h4-5,7,9,11H,6,8,16H2,1-3H3/b5-4+. The molecule has 1 aromatic carbocycles. The molecule has 94 valence electrons. The summed E-state index contributed by atoms with van der Waals surface area (Å²) < 4.78 is 6.87. The molecular formula is C14H20BrNO. The highest BCUT2D eigenvalue weighted by atomic mass is 79.9. The number of allylic oxidation sites excluding steroid dienone is 1. The predicted octanol–water partition coefficient (Wildman–Crippen LogP) is 3.60. The number of halogens is 1. The first-order valence-corrected chi connectivity index (χ1v) is 6.62. The van der Waals surface area contributed by atoms with E-state index in [2.05, 4.69) is 35.0 Å². The molecule has 0 aliphatic rings. The van der Waals surface area contributed by atoms with Crippen LogP contribution in [0.1, 0.15) is 25.0 Å². The minimum absolute atomic E-state index is 0.132. The zero-order valence-corrected chi connectivity index (χ0v) is 12.3. The van der Waals surface area contributed by atoms with E-state index in [0.717, 1.165) is 27.8 Å². The normalized spacial score (nSPS) is 13.0. The van der Waals surface area contributed by atoms with Crippen LogP contribution in [0, 0.1) is 6.92 Å². The molecular weight excluding hydrogens is 278 g/mol. The van der Waals surface area contributed by atoms with E-state index in [4.69, 9.17) is 10.5 Å². The predicted molar refractivity (Wildman–Crippen MR) is 76.5 cm³/mol. The van der Waals surface area contributed by atoms with Crippen molar-refractivity contribution in [3.8, 4) is 5.75 Å². The minimum atomic E-state index is 0.132. The summed E-state index contributed by atoms with van der Waals surface area (Å²) in [6.45, 7) is 6.65. The molecule has 0 fully saturated rings. The van der Waals surface area contributed by atoms with Gasteiger partial charge in [-0.1, -0.05) is 28.1 Å². The topological polar surface area (TPSA) is 35.2 Å². The number of aryl methyl sites for hydroxylation is 1. The molecule has 1 unspecified atom stereocenters. The van der Waals surface area contributed by atoms with Gasteiger partial charge in [0, 0.05) is 10.5 Å². The van der Waals surface area contributed by atoms with Gasteiger partial charge in [-0.25, -0.2) is 0 Å². The largest absolute Gasteiger partial charge is 0.489 e.